The molecule has 0 aliphatic carbocycles. The van der Waals surface area contributed by atoms with Gasteiger partial charge in [-0.05, 0) is 31.7 Å². The molecule has 0 aliphatic heterocycles. The molecule has 0 aliphatic rings. The topological polar surface area (TPSA) is 68.0 Å². The fraction of sp³-hybridized carbons (Fsp3) is 0.562. The lowest BCUT2D eigenvalue weighted by atomic mass is 10.0. The van der Waals surface area contributed by atoms with Crippen molar-refractivity contribution in [1.82, 2.24) is 14.5 Å². The van der Waals surface area contributed by atoms with Gasteiger partial charge in [0, 0.05) is 25.1 Å². The van der Waals surface area contributed by atoms with Crippen LogP contribution in [-0.4, -0.2) is 25.6 Å². The molecule has 2 heterocycles. The Balaban J connectivity index is 2.30. The first-order valence-corrected chi connectivity index (χ1v) is 8.18. The molecular weight excluding hydrogens is 302 g/mol. The van der Waals surface area contributed by atoms with Gasteiger partial charge in [0.05, 0.1) is 5.02 Å². The Bertz CT molecular complexity index is 650. The third kappa shape index (κ3) is 3.77. The number of unbranched alkanes of at least 4 members (excludes halogenated alkanes) is 1. The summed E-state index contributed by atoms with van der Waals surface area (Å²) in [6, 6.07) is 1.84. The van der Waals surface area contributed by atoms with E-state index in [-0.39, 0.29) is 6.42 Å². The average molecular weight is 324 g/mol. The highest BCUT2D eigenvalue weighted by Crippen LogP contribution is 2.27. The van der Waals surface area contributed by atoms with Crippen molar-refractivity contribution in [2.45, 2.75) is 58.4 Å². The molecule has 0 bridgehead atoms. The number of hydrogen-bond acceptors (Lipinski definition) is 3. The van der Waals surface area contributed by atoms with Crippen LogP contribution in [0.5, 0.6) is 0 Å². The van der Waals surface area contributed by atoms with Crippen LogP contribution >= 0.6 is 11.6 Å². The largest absolute Gasteiger partial charge is 0.481 e. The molecule has 0 saturated carbocycles. The van der Waals surface area contributed by atoms with Crippen LogP contribution in [0.15, 0.2) is 12.3 Å². The van der Waals surface area contributed by atoms with E-state index < -0.39 is 5.97 Å². The fourth-order valence-electron chi connectivity index (χ4n) is 2.74. The number of hydrogen-bond donors (Lipinski definition) is 1. The zero-order valence-electron chi connectivity index (χ0n) is 13.0. The number of aryl methyl sites for hydroxylation is 1. The highest BCUT2D eigenvalue weighted by molar-refractivity contribution is 6.31. The number of carboxylic acid groups (broad SMARTS) is 1. The molecule has 0 amide bonds. The Labute approximate surface area is 135 Å². The molecular formula is C16H22ClN3O2. The van der Waals surface area contributed by atoms with E-state index in [0.717, 1.165) is 42.8 Å². The molecule has 0 fully saturated rings. The van der Waals surface area contributed by atoms with Crippen LogP contribution in [0.2, 0.25) is 5.02 Å². The van der Waals surface area contributed by atoms with Crippen molar-refractivity contribution < 1.29 is 9.90 Å². The van der Waals surface area contributed by atoms with E-state index in [4.69, 9.17) is 21.7 Å². The quantitative estimate of drug-likeness (QED) is 0.738. The zero-order chi connectivity index (χ0) is 16.1. The Morgan fingerprint density at radius 3 is 2.73 bits per heavy atom. The fourth-order valence-corrected chi connectivity index (χ4v) is 2.89. The van der Waals surface area contributed by atoms with Gasteiger partial charge in [0.15, 0.2) is 5.65 Å². The highest BCUT2D eigenvalue weighted by atomic mass is 35.5. The Morgan fingerprint density at radius 1 is 1.36 bits per heavy atom. The number of imidazole rings is 1. The van der Waals surface area contributed by atoms with Gasteiger partial charge < -0.3 is 9.67 Å². The van der Waals surface area contributed by atoms with Crippen LogP contribution in [0.1, 0.15) is 57.7 Å². The van der Waals surface area contributed by atoms with Crippen LogP contribution in [0.4, 0.5) is 0 Å². The molecule has 2 aromatic rings. The van der Waals surface area contributed by atoms with Crippen LogP contribution in [0.3, 0.4) is 0 Å². The number of fused-ring (bicyclic) bond motifs is 1. The number of aromatic nitrogens is 3. The predicted octanol–water partition coefficient (Wildman–Crippen LogP) is 4.24. The van der Waals surface area contributed by atoms with Crippen molar-refractivity contribution in [3.05, 3.63) is 23.1 Å². The molecule has 22 heavy (non-hydrogen) atoms. The number of halogens is 1. The minimum absolute atomic E-state index is 0.201. The molecule has 120 valence electrons. The predicted molar refractivity (Wildman–Crippen MR) is 87.3 cm³/mol. The van der Waals surface area contributed by atoms with Crippen molar-refractivity contribution in [3.63, 3.8) is 0 Å². The van der Waals surface area contributed by atoms with Crippen LogP contribution in [-0.2, 0) is 11.3 Å². The summed E-state index contributed by atoms with van der Waals surface area (Å²) >= 11 is 6.01. The lowest BCUT2D eigenvalue weighted by Crippen LogP contribution is -2.09. The summed E-state index contributed by atoms with van der Waals surface area (Å²) < 4.78 is 2.13. The lowest BCUT2D eigenvalue weighted by Gasteiger charge is -2.15. The minimum Gasteiger partial charge on any atom is -0.481 e. The first-order valence-electron chi connectivity index (χ1n) is 7.80. The Hall–Kier alpha value is -1.62. The number of rotatable bonds is 8. The monoisotopic (exact) mass is 323 g/mol. The molecule has 0 saturated heterocycles. The molecule has 2 rings (SSSR count). The number of nitrogens with zero attached hydrogens (tertiary/aromatic N) is 3. The van der Waals surface area contributed by atoms with Crippen molar-refractivity contribution in [1.29, 1.82) is 0 Å². The highest BCUT2D eigenvalue weighted by Gasteiger charge is 2.18. The van der Waals surface area contributed by atoms with Gasteiger partial charge in [-0.3, -0.25) is 4.79 Å². The smallest absolute Gasteiger partial charge is 0.303 e. The van der Waals surface area contributed by atoms with Gasteiger partial charge in [-0.15, -0.1) is 0 Å². The zero-order valence-corrected chi connectivity index (χ0v) is 13.8. The van der Waals surface area contributed by atoms with Crippen molar-refractivity contribution in [3.8, 4) is 0 Å². The number of carboxylic acids is 1. The molecule has 0 atom stereocenters. The van der Waals surface area contributed by atoms with Crippen LogP contribution in [0, 0.1) is 0 Å². The second-order valence-corrected chi connectivity index (χ2v) is 5.92. The van der Waals surface area contributed by atoms with E-state index in [1.54, 1.807) is 6.20 Å². The van der Waals surface area contributed by atoms with Crippen molar-refractivity contribution >= 4 is 28.7 Å². The minimum atomic E-state index is -0.749. The summed E-state index contributed by atoms with van der Waals surface area (Å²) in [6.07, 6.45) is 5.33. The summed E-state index contributed by atoms with van der Waals surface area (Å²) in [5, 5.41) is 9.33. The summed E-state index contributed by atoms with van der Waals surface area (Å²) in [5.41, 5.74) is 1.65. The van der Waals surface area contributed by atoms with E-state index in [0.29, 0.717) is 17.4 Å². The van der Waals surface area contributed by atoms with Gasteiger partial charge in [-0.1, -0.05) is 25.4 Å². The second-order valence-electron chi connectivity index (χ2n) is 5.48. The summed E-state index contributed by atoms with van der Waals surface area (Å²) in [5.74, 6) is 0.665. The molecule has 5 nitrogen and oxygen atoms in total. The van der Waals surface area contributed by atoms with Crippen LogP contribution in [0.25, 0.3) is 11.2 Å². The summed E-state index contributed by atoms with van der Waals surface area (Å²) in [7, 11) is 0. The van der Waals surface area contributed by atoms with Crippen LogP contribution < -0.4 is 0 Å². The first kappa shape index (κ1) is 16.7. The molecule has 0 unspecified atom stereocenters. The first-order chi connectivity index (χ1) is 10.6. The standard InChI is InChI=1S/C16H22ClN3O2/c1-3-11(4-2)15-19-13-9-12(17)10-18-16(13)20(15)8-6-5-7-14(21)22/h9-11H,3-8H2,1-2H3,(H,21,22). The van der Waals surface area contributed by atoms with E-state index in [1.165, 1.54) is 0 Å². The molecule has 0 aromatic carbocycles. The maximum atomic E-state index is 10.6. The average Bonchev–Trinajstić information content (AvgIpc) is 2.82. The summed E-state index contributed by atoms with van der Waals surface area (Å²) in [6.45, 7) is 5.05. The van der Waals surface area contributed by atoms with Gasteiger partial charge in [-0.2, -0.15) is 0 Å². The van der Waals surface area contributed by atoms with E-state index in [1.807, 2.05) is 6.07 Å². The molecule has 0 radical (unpaired) electrons. The summed E-state index contributed by atoms with van der Waals surface area (Å²) in [4.78, 5) is 19.8. The van der Waals surface area contributed by atoms with Gasteiger partial charge >= 0.3 is 5.97 Å². The Morgan fingerprint density at radius 2 is 2.09 bits per heavy atom. The maximum Gasteiger partial charge on any atom is 0.303 e. The number of aliphatic carboxylic acids is 1. The number of pyridine rings is 1. The van der Waals surface area contributed by atoms with Gasteiger partial charge in [0.2, 0.25) is 0 Å². The molecule has 2 aromatic heterocycles. The Kier molecular flexibility index (Phi) is 5.77. The number of carbonyl (C=O) groups is 1. The van der Waals surface area contributed by atoms with E-state index in [9.17, 15) is 4.79 Å². The molecule has 6 heteroatoms. The normalized spacial score (nSPS) is 11.5. The third-order valence-electron chi connectivity index (χ3n) is 3.95. The maximum absolute atomic E-state index is 10.6. The SMILES string of the molecule is CCC(CC)c1nc2cc(Cl)cnc2n1CCCCC(=O)O. The van der Waals surface area contributed by atoms with E-state index in [2.05, 4.69) is 23.4 Å². The molecule has 0 spiro atoms. The second kappa shape index (κ2) is 7.58. The van der Waals surface area contributed by atoms with Crippen molar-refractivity contribution in [2.24, 2.45) is 0 Å². The van der Waals surface area contributed by atoms with Gasteiger partial charge in [0.25, 0.3) is 0 Å². The van der Waals surface area contributed by atoms with E-state index >= 15 is 0 Å². The van der Waals surface area contributed by atoms with Gasteiger partial charge in [0.1, 0.15) is 11.3 Å². The lowest BCUT2D eigenvalue weighted by molar-refractivity contribution is -0.137. The van der Waals surface area contributed by atoms with Crippen molar-refractivity contribution in [2.75, 3.05) is 0 Å². The third-order valence-corrected chi connectivity index (χ3v) is 4.16. The van der Waals surface area contributed by atoms with Gasteiger partial charge in [-0.25, -0.2) is 9.97 Å². The molecule has 1 N–H and O–H groups in total.